The Hall–Kier alpha value is -1.80. The van der Waals surface area contributed by atoms with E-state index in [0.29, 0.717) is 16.9 Å². The maximum absolute atomic E-state index is 12.1. The number of aryl methyl sites for hydroxylation is 1. The molecule has 98 valence electrons. The second-order valence-electron chi connectivity index (χ2n) is 3.74. The number of carbonyl (C=O) groups is 1. The van der Waals surface area contributed by atoms with Gasteiger partial charge in [-0.2, -0.15) is 5.10 Å². The Morgan fingerprint density at radius 1 is 1.47 bits per heavy atom. The number of nitrogens with two attached hydrogens (primary N) is 1. The van der Waals surface area contributed by atoms with Crippen molar-refractivity contribution in [3.8, 4) is 0 Å². The highest BCUT2D eigenvalue weighted by molar-refractivity contribution is 9.10. The number of nitrogens with one attached hydrogen (secondary N) is 1. The quantitative estimate of drug-likeness (QED) is 0.827. The Labute approximate surface area is 123 Å². The van der Waals surface area contributed by atoms with Crippen LogP contribution in [-0.2, 0) is 7.05 Å². The maximum Gasteiger partial charge on any atom is 0.258 e. The second kappa shape index (κ2) is 5.45. The highest BCUT2D eigenvalue weighted by atomic mass is 79.9. The van der Waals surface area contributed by atoms with Gasteiger partial charge in [-0.1, -0.05) is 12.2 Å². The molecule has 0 aliphatic carbocycles. The second-order valence-corrected chi connectivity index (χ2v) is 5.10. The van der Waals surface area contributed by atoms with Crippen LogP contribution in [0.3, 0.4) is 0 Å². The van der Waals surface area contributed by atoms with Crippen molar-refractivity contribution in [1.29, 1.82) is 0 Å². The van der Waals surface area contributed by atoms with Gasteiger partial charge in [0.05, 0.1) is 17.3 Å². The van der Waals surface area contributed by atoms with Gasteiger partial charge in [0.2, 0.25) is 0 Å². The first kappa shape index (κ1) is 13.6. The van der Waals surface area contributed by atoms with Gasteiger partial charge in [-0.15, -0.1) is 0 Å². The number of carbonyl (C=O) groups excluding carboxylic acids is 1. The van der Waals surface area contributed by atoms with E-state index in [4.69, 9.17) is 18.0 Å². The smallest absolute Gasteiger partial charge is 0.258 e. The molecule has 2 aromatic rings. The first-order chi connectivity index (χ1) is 8.99. The van der Waals surface area contributed by atoms with Crippen molar-refractivity contribution in [2.75, 3.05) is 5.32 Å². The van der Waals surface area contributed by atoms with Crippen molar-refractivity contribution in [2.45, 2.75) is 0 Å². The molecule has 0 aliphatic heterocycles. The van der Waals surface area contributed by atoms with Gasteiger partial charge < -0.3 is 11.1 Å². The van der Waals surface area contributed by atoms with Gasteiger partial charge in [-0.05, 0) is 22.0 Å². The molecule has 19 heavy (non-hydrogen) atoms. The molecule has 1 amide bonds. The number of amides is 1. The Kier molecular flexibility index (Phi) is 3.91. The summed E-state index contributed by atoms with van der Waals surface area (Å²) in [7, 11) is 1.69. The van der Waals surface area contributed by atoms with Gasteiger partial charge in [0.15, 0.2) is 0 Å². The fourth-order valence-electron chi connectivity index (χ4n) is 1.48. The van der Waals surface area contributed by atoms with E-state index in [1.165, 1.54) is 17.1 Å². The minimum Gasteiger partial charge on any atom is -0.389 e. The van der Waals surface area contributed by atoms with Crippen molar-refractivity contribution in [3.63, 3.8) is 0 Å². The number of hydrogen-bond donors (Lipinski definition) is 2. The highest BCUT2D eigenvalue weighted by Crippen LogP contribution is 2.16. The van der Waals surface area contributed by atoms with Crippen molar-refractivity contribution in [1.82, 2.24) is 14.8 Å². The van der Waals surface area contributed by atoms with E-state index in [-0.39, 0.29) is 10.9 Å². The predicted octanol–water partition coefficient (Wildman–Crippen LogP) is 1.46. The first-order valence-corrected chi connectivity index (χ1v) is 6.43. The summed E-state index contributed by atoms with van der Waals surface area (Å²) < 4.78 is 2.22. The average molecular weight is 340 g/mol. The molecular weight excluding hydrogens is 330 g/mol. The first-order valence-electron chi connectivity index (χ1n) is 5.22. The number of pyridine rings is 1. The van der Waals surface area contributed by atoms with E-state index in [1.807, 2.05) is 0 Å². The number of halogens is 1. The van der Waals surface area contributed by atoms with E-state index in [1.54, 1.807) is 19.3 Å². The molecule has 0 saturated carbocycles. The molecule has 2 rings (SSSR count). The summed E-state index contributed by atoms with van der Waals surface area (Å²) >= 11 is 8.17. The van der Waals surface area contributed by atoms with E-state index in [2.05, 4.69) is 31.3 Å². The number of rotatable bonds is 3. The van der Waals surface area contributed by atoms with Gasteiger partial charge in [0.1, 0.15) is 10.8 Å². The number of hydrogen-bond acceptors (Lipinski definition) is 4. The van der Waals surface area contributed by atoms with E-state index in [0.717, 1.165) is 4.47 Å². The SMILES string of the molecule is Cn1ncc(C(N)=S)c1NC(=O)c1cncc(Br)c1. The molecule has 0 aromatic carbocycles. The lowest BCUT2D eigenvalue weighted by Gasteiger charge is -2.07. The van der Waals surface area contributed by atoms with Gasteiger partial charge in [0.25, 0.3) is 5.91 Å². The summed E-state index contributed by atoms with van der Waals surface area (Å²) in [5.74, 6) is 0.146. The summed E-state index contributed by atoms with van der Waals surface area (Å²) in [5.41, 5.74) is 6.52. The number of nitrogens with zero attached hydrogens (tertiary/aromatic N) is 3. The zero-order valence-corrected chi connectivity index (χ0v) is 12.3. The molecule has 0 bridgehead atoms. The van der Waals surface area contributed by atoms with Crippen LogP contribution in [0.15, 0.2) is 29.1 Å². The molecule has 0 aliphatic rings. The number of aromatic nitrogens is 3. The maximum atomic E-state index is 12.1. The number of thiocarbonyl (C=S) groups is 1. The Balaban J connectivity index is 2.29. The van der Waals surface area contributed by atoms with Crippen LogP contribution in [-0.4, -0.2) is 25.7 Å². The molecule has 0 saturated heterocycles. The van der Waals surface area contributed by atoms with Crippen LogP contribution in [0.25, 0.3) is 0 Å². The van der Waals surface area contributed by atoms with E-state index in [9.17, 15) is 4.79 Å². The summed E-state index contributed by atoms with van der Waals surface area (Å²) in [4.78, 5) is 16.2. The van der Waals surface area contributed by atoms with Crippen molar-refractivity contribution in [3.05, 3.63) is 40.3 Å². The van der Waals surface area contributed by atoms with Crippen LogP contribution in [0.4, 0.5) is 5.82 Å². The third-order valence-electron chi connectivity index (χ3n) is 2.40. The molecule has 0 fully saturated rings. The lowest BCUT2D eigenvalue weighted by atomic mass is 10.2. The molecule has 0 spiro atoms. The van der Waals surface area contributed by atoms with Gasteiger partial charge in [-0.3, -0.25) is 14.5 Å². The highest BCUT2D eigenvalue weighted by Gasteiger charge is 2.15. The van der Waals surface area contributed by atoms with Crippen molar-refractivity contribution < 1.29 is 4.79 Å². The van der Waals surface area contributed by atoms with Crippen molar-refractivity contribution >= 4 is 44.9 Å². The van der Waals surface area contributed by atoms with Crippen LogP contribution in [0, 0.1) is 0 Å². The van der Waals surface area contributed by atoms with Crippen LogP contribution in [0.5, 0.6) is 0 Å². The largest absolute Gasteiger partial charge is 0.389 e. The van der Waals surface area contributed by atoms with Crippen molar-refractivity contribution in [2.24, 2.45) is 12.8 Å². The van der Waals surface area contributed by atoms with Crippen LogP contribution in [0.1, 0.15) is 15.9 Å². The molecule has 0 unspecified atom stereocenters. The minimum absolute atomic E-state index is 0.177. The molecule has 2 heterocycles. The van der Waals surface area contributed by atoms with E-state index >= 15 is 0 Å². The molecule has 3 N–H and O–H groups in total. The Morgan fingerprint density at radius 3 is 2.84 bits per heavy atom. The fourth-order valence-corrected chi connectivity index (χ4v) is 2.00. The third kappa shape index (κ3) is 2.96. The fraction of sp³-hybridized carbons (Fsp3) is 0.0909. The monoisotopic (exact) mass is 339 g/mol. The van der Waals surface area contributed by atoms with Gasteiger partial charge in [-0.25, -0.2) is 0 Å². The number of anilines is 1. The summed E-state index contributed by atoms with van der Waals surface area (Å²) in [6.07, 6.45) is 4.58. The molecule has 0 atom stereocenters. The van der Waals surface area contributed by atoms with Gasteiger partial charge >= 0.3 is 0 Å². The Morgan fingerprint density at radius 2 is 2.21 bits per heavy atom. The standard InChI is InChI=1S/C11H10BrN5OS/c1-17-10(8(5-15-17)9(13)19)16-11(18)6-2-7(12)4-14-3-6/h2-5H,1H3,(H2,13,19)(H,16,18). The molecule has 6 nitrogen and oxygen atoms in total. The molecule has 2 aromatic heterocycles. The van der Waals surface area contributed by atoms with E-state index < -0.39 is 0 Å². The summed E-state index contributed by atoms with van der Waals surface area (Å²) in [6.45, 7) is 0. The summed E-state index contributed by atoms with van der Waals surface area (Å²) in [5, 5.41) is 6.73. The molecule has 0 radical (unpaired) electrons. The lowest BCUT2D eigenvalue weighted by Crippen LogP contribution is -2.19. The zero-order valence-electron chi connectivity index (χ0n) is 9.92. The van der Waals surface area contributed by atoms with Crippen LogP contribution in [0.2, 0.25) is 0 Å². The normalized spacial score (nSPS) is 10.2. The average Bonchev–Trinajstić information content (AvgIpc) is 2.71. The Bertz CT molecular complexity index is 654. The molecular formula is C11H10BrN5OS. The van der Waals surface area contributed by atoms with Gasteiger partial charge in [0, 0.05) is 23.9 Å². The zero-order chi connectivity index (χ0) is 14.0. The van der Waals surface area contributed by atoms with Crippen LogP contribution >= 0.6 is 28.1 Å². The lowest BCUT2D eigenvalue weighted by molar-refractivity contribution is 0.102. The third-order valence-corrected chi connectivity index (χ3v) is 3.06. The minimum atomic E-state index is -0.310. The topological polar surface area (TPSA) is 85.8 Å². The summed E-state index contributed by atoms with van der Waals surface area (Å²) in [6, 6.07) is 1.67. The molecule has 8 heteroatoms. The predicted molar refractivity (Wildman–Crippen MR) is 79.0 cm³/mol. The van der Waals surface area contributed by atoms with Crippen LogP contribution < -0.4 is 11.1 Å².